The van der Waals surface area contributed by atoms with Crippen molar-refractivity contribution in [2.24, 2.45) is 10.3 Å². The van der Waals surface area contributed by atoms with Gasteiger partial charge in [-0.3, -0.25) is 14.5 Å². The number of carbonyl (C=O) groups is 4. The second kappa shape index (κ2) is 13.4. The first-order valence-electron chi connectivity index (χ1n) is 12.7. The van der Waals surface area contributed by atoms with Gasteiger partial charge in [0.05, 0.1) is 6.54 Å². The Hall–Kier alpha value is -4.50. The van der Waals surface area contributed by atoms with Crippen LogP contribution >= 0.6 is 34.9 Å². The maximum Gasteiger partial charge on any atom is 0.355 e. The van der Waals surface area contributed by atoms with Gasteiger partial charge >= 0.3 is 11.9 Å². The Labute approximate surface area is 260 Å². The molecule has 0 aromatic carbocycles. The highest BCUT2D eigenvalue weighted by molar-refractivity contribution is 8.01. The topological polar surface area (TPSA) is 250 Å². The van der Waals surface area contributed by atoms with Gasteiger partial charge in [-0.2, -0.15) is 0 Å². The van der Waals surface area contributed by atoms with Crippen molar-refractivity contribution in [1.29, 1.82) is 0 Å². The number of hydrogen-bond donors (Lipinski definition) is 4. The van der Waals surface area contributed by atoms with E-state index in [4.69, 9.17) is 10.6 Å². The molecule has 1 fully saturated rings. The van der Waals surface area contributed by atoms with Gasteiger partial charge in [0.2, 0.25) is 5.16 Å². The molecule has 3 aliphatic rings. The number of β-lactam (4-membered cyclic amide) rings is 1. The highest BCUT2D eigenvalue weighted by Crippen LogP contribution is 2.41. The SMILES string of the molecule is CO/N=C(/Cn1nnnc1SCC1=C(C(=O)O)N2C(=O)C(NC(=O)/C(=N/OC3C=CCC3)c3csc(N)n3)C2SC1)C(=O)O. The molecule has 1 saturated heterocycles. The number of tetrazole rings is 1. The number of thiazole rings is 1. The predicted octanol–water partition coefficient (Wildman–Crippen LogP) is -0.231. The standard InChI is InChI=1S/C23H24N10O8S3/c1-40-28-12(20(36)37)6-32-23(27-30-31-32)44-8-10-7-42-19-15(18(35)33(19)16(10)21(38)39)26-17(34)14(13-9-43-22(24)25-13)29-41-11-4-2-3-5-11/h2,4,9,11,15,19H,3,5-8H2,1H3,(H2,24,25)(H,26,34)(H,36,37)(H,38,39)/b28-12-,29-14+. The summed E-state index contributed by atoms with van der Waals surface area (Å²) in [5.41, 5.74) is 5.63. The van der Waals surface area contributed by atoms with Crippen molar-refractivity contribution in [1.82, 2.24) is 35.4 Å². The molecule has 2 aromatic heterocycles. The van der Waals surface area contributed by atoms with Crippen LogP contribution in [0.4, 0.5) is 5.13 Å². The Kier molecular flexibility index (Phi) is 9.44. The highest BCUT2D eigenvalue weighted by atomic mass is 32.2. The molecule has 21 heteroatoms. The van der Waals surface area contributed by atoms with Gasteiger partial charge < -0.3 is 30.9 Å². The molecule has 44 heavy (non-hydrogen) atoms. The number of fused-ring (bicyclic) bond motifs is 1. The molecule has 0 saturated carbocycles. The van der Waals surface area contributed by atoms with E-state index in [9.17, 15) is 29.4 Å². The zero-order valence-corrected chi connectivity index (χ0v) is 25.2. The van der Waals surface area contributed by atoms with E-state index in [0.29, 0.717) is 12.0 Å². The second-order valence-electron chi connectivity index (χ2n) is 9.21. The first-order valence-corrected chi connectivity index (χ1v) is 15.6. The average molecular weight is 665 g/mol. The maximum absolute atomic E-state index is 13.3. The Morgan fingerprint density at radius 3 is 2.77 bits per heavy atom. The number of carbonyl (C=O) groups excluding carboxylic acids is 2. The molecule has 2 amide bonds. The number of aliphatic carboxylic acids is 2. The number of amides is 2. The van der Waals surface area contributed by atoms with Crippen molar-refractivity contribution in [2.75, 3.05) is 24.3 Å². The summed E-state index contributed by atoms with van der Waals surface area (Å²) in [5.74, 6) is -3.66. The van der Waals surface area contributed by atoms with Gasteiger partial charge in [0.1, 0.15) is 36.0 Å². The van der Waals surface area contributed by atoms with E-state index in [0.717, 1.165) is 34.4 Å². The number of aromatic nitrogens is 5. The number of nitrogen functional groups attached to an aromatic ring is 1. The molecule has 5 N–H and O–H groups in total. The van der Waals surface area contributed by atoms with Crippen LogP contribution in [0.5, 0.6) is 0 Å². The molecule has 18 nitrogen and oxygen atoms in total. The summed E-state index contributed by atoms with van der Waals surface area (Å²) in [6, 6.07) is -1.02. The Morgan fingerprint density at radius 2 is 2.11 bits per heavy atom. The van der Waals surface area contributed by atoms with Crippen molar-refractivity contribution in [3.63, 3.8) is 0 Å². The first kappa shape index (κ1) is 30.9. The van der Waals surface area contributed by atoms with Crippen LogP contribution in [-0.4, -0.2) is 112 Å². The van der Waals surface area contributed by atoms with Gasteiger partial charge in [0.25, 0.3) is 11.8 Å². The smallest absolute Gasteiger partial charge is 0.355 e. The van der Waals surface area contributed by atoms with E-state index < -0.39 is 35.2 Å². The van der Waals surface area contributed by atoms with Crippen molar-refractivity contribution in [2.45, 2.75) is 42.1 Å². The fourth-order valence-electron chi connectivity index (χ4n) is 4.36. The zero-order valence-electron chi connectivity index (χ0n) is 22.7. The van der Waals surface area contributed by atoms with Gasteiger partial charge in [-0.05, 0) is 34.9 Å². The Balaban J connectivity index is 1.28. The summed E-state index contributed by atoms with van der Waals surface area (Å²) in [4.78, 5) is 65.5. The molecule has 4 heterocycles. The van der Waals surface area contributed by atoms with E-state index in [-0.39, 0.29) is 57.3 Å². The van der Waals surface area contributed by atoms with E-state index in [1.807, 2.05) is 12.2 Å². The quantitative estimate of drug-likeness (QED) is 0.0710. The van der Waals surface area contributed by atoms with Crippen LogP contribution in [0.3, 0.4) is 0 Å². The number of anilines is 1. The fourth-order valence-corrected chi connectivity index (χ4v) is 7.27. The number of nitrogens with zero attached hydrogens (tertiary/aromatic N) is 8. The average Bonchev–Trinajstić information content (AvgIpc) is 3.77. The lowest BCUT2D eigenvalue weighted by Crippen LogP contribution is -2.71. The number of rotatable bonds is 13. The van der Waals surface area contributed by atoms with Crippen LogP contribution in [0.2, 0.25) is 0 Å². The van der Waals surface area contributed by atoms with Crippen LogP contribution < -0.4 is 11.1 Å². The van der Waals surface area contributed by atoms with Gasteiger partial charge in [0, 0.05) is 16.9 Å². The summed E-state index contributed by atoms with van der Waals surface area (Å²) in [6.45, 7) is -0.298. The number of nitrogens with one attached hydrogen (secondary N) is 1. The van der Waals surface area contributed by atoms with Crippen LogP contribution in [0.25, 0.3) is 0 Å². The molecular weight excluding hydrogens is 641 g/mol. The number of allylic oxidation sites excluding steroid dienone is 1. The van der Waals surface area contributed by atoms with Crippen LogP contribution in [0.15, 0.2) is 44.3 Å². The van der Waals surface area contributed by atoms with E-state index in [1.54, 1.807) is 5.38 Å². The number of thioether (sulfide) groups is 2. The summed E-state index contributed by atoms with van der Waals surface area (Å²) >= 11 is 3.44. The number of nitrogens with two attached hydrogens (primary N) is 1. The summed E-state index contributed by atoms with van der Waals surface area (Å²) in [7, 11) is 1.20. The van der Waals surface area contributed by atoms with Crippen molar-refractivity contribution in [3.8, 4) is 0 Å². The van der Waals surface area contributed by atoms with E-state index >= 15 is 0 Å². The molecule has 232 valence electrons. The van der Waals surface area contributed by atoms with Crippen molar-refractivity contribution >= 4 is 75.2 Å². The lowest BCUT2D eigenvalue weighted by atomic mass is 10.0. The number of hydrogen-bond acceptors (Lipinski definition) is 16. The number of carboxylic acids is 2. The lowest BCUT2D eigenvalue weighted by Gasteiger charge is -2.49. The third-order valence-corrected chi connectivity index (χ3v) is 9.44. The summed E-state index contributed by atoms with van der Waals surface area (Å²) in [6.07, 6.45) is 5.00. The second-order valence-corrected chi connectivity index (χ2v) is 12.1. The van der Waals surface area contributed by atoms with Gasteiger partial charge in [-0.15, -0.1) is 28.2 Å². The Morgan fingerprint density at radius 1 is 1.30 bits per heavy atom. The van der Waals surface area contributed by atoms with Gasteiger partial charge in [-0.25, -0.2) is 19.3 Å². The van der Waals surface area contributed by atoms with Crippen LogP contribution in [-0.2, 0) is 35.4 Å². The number of oxime groups is 2. The fraction of sp³-hybridized carbons (Fsp3) is 0.391. The van der Waals surface area contributed by atoms with Crippen LogP contribution in [0, 0.1) is 0 Å². The van der Waals surface area contributed by atoms with Gasteiger partial charge in [-0.1, -0.05) is 28.1 Å². The minimum atomic E-state index is -1.32. The minimum absolute atomic E-state index is 0.0847. The Bertz CT molecular complexity index is 1600. The van der Waals surface area contributed by atoms with Crippen molar-refractivity contribution in [3.05, 3.63) is 34.5 Å². The molecule has 3 atom stereocenters. The third kappa shape index (κ3) is 6.53. The van der Waals surface area contributed by atoms with Crippen molar-refractivity contribution < 1.29 is 39.1 Å². The minimum Gasteiger partial charge on any atom is -0.477 e. The largest absolute Gasteiger partial charge is 0.477 e. The third-order valence-electron chi connectivity index (χ3n) is 6.39. The summed E-state index contributed by atoms with van der Waals surface area (Å²) in [5, 5.41) is 41.9. The molecule has 0 radical (unpaired) electrons. The lowest BCUT2D eigenvalue weighted by molar-refractivity contribution is -0.150. The molecule has 0 bridgehead atoms. The molecule has 5 rings (SSSR count). The molecular formula is C23H24N10O8S3. The monoisotopic (exact) mass is 664 g/mol. The maximum atomic E-state index is 13.3. The zero-order chi connectivity index (χ0) is 31.4. The van der Waals surface area contributed by atoms with E-state index in [2.05, 4.69) is 41.0 Å². The molecule has 2 aromatic rings. The predicted molar refractivity (Wildman–Crippen MR) is 157 cm³/mol. The summed E-state index contributed by atoms with van der Waals surface area (Å²) < 4.78 is 1.18. The van der Waals surface area contributed by atoms with E-state index in [1.165, 1.54) is 23.6 Å². The first-order chi connectivity index (χ1) is 21.2. The molecule has 1 aliphatic carbocycles. The molecule has 3 unspecified atom stereocenters. The molecule has 0 spiro atoms. The van der Waals surface area contributed by atoms with Crippen LogP contribution in [0.1, 0.15) is 18.5 Å². The van der Waals surface area contributed by atoms with Gasteiger partial charge in [0.15, 0.2) is 16.6 Å². The highest BCUT2D eigenvalue weighted by Gasteiger charge is 2.54. The number of carboxylic acid groups (broad SMARTS) is 2. The normalized spacial score (nSPS) is 21.6. The molecule has 2 aliphatic heterocycles.